The Morgan fingerprint density at radius 3 is 2.62 bits per heavy atom. The van der Waals surface area contributed by atoms with Crippen molar-refractivity contribution in [2.45, 2.75) is 19.5 Å². The number of rotatable bonds is 6. The number of benzene rings is 1. The number of para-hydroxylation sites is 1. The summed E-state index contributed by atoms with van der Waals surface area (Å²) in [5.41, 5.74) is 0.785. The number of halogens is 1. The molecule has 1 unspecified atom stereocenters. The van der Waals surface area contributed by atoms with E-state index in [1.165, 1.54) is 24.3 Å². The second-order valence-corrected chi connectivity index (χ2v) is 7.05. The van der Waals surface area contributed by atoms with Gasteiger partial charge in [-0.1, -0.05) is 12.1 Å². The summed E-state index contributed by atoms with van der Waals surface area (Å²) >= 11 is 0. The molecular weight excluding hydrogens is 377 g/mol. The fraction of sp³-hybridized carbons (Fsp3) is 0.450. The molecule has 3 rings (SSSR count). The summed E-state index contributed by atoms with van der Waals surface area (Å²) in [6.45, 7) is 4.96. The van der Waals surface area contributed by atoms with Gasteiger partial charge < -0.3 is 19.5 Å². The van der Waals surface area contributed by atoms with Gasteiger partial charge in [0.25, 0.3) is 5.91 Å². The number of hydrogen-bond acceptors (Lipinski definition) is 6. The first-order valence-electron chi connectivity index (χ1n) is 9.55. The van der Waals surface area contributed by atoms with Crippen molar-refractivity contribution in [2.75, 3.05) is 45.2 Å². The van der Waals surface area contributed by atoms with Crippen LogP contribution < -0.4 is 10.2 Å². The molecule has 1 aliphatic rings. The maximum absolute atomic E-state index is 13.9. The zero-order chi connectivity index (χ0) is 21.0. The van der Waals surface area contributed by atoms with Gasteiger partial charge in [0.15, 0.2) is 5.69 Å². The highest BCUT2D eigenvalue weighted by Gasteiger charge is 2.26. The smallest absolute Gasteiger partial charge is 0.276 e. The third-order valence-corrected chi connectivity index (χ3v) is 5.22. The third kappa shape index (κ3) is 4.73. The lowest BCUT2D eigenvalue weighted by Gasteiger charge is -2.35. The molecule has 1 atom stereocenters. The van der Waals surface area contributed by atoms with Gasteiger partial charge in [0, 0.05) is 40.3 Å². The summed E-state index contributed by atoms with van der Waals surface area (Å²) in [5.74, 6) is -0.404. The van der Waals surface area contributed by atoms with Crippen LogP contribution in [0.15, 0.2) is 34.9 Å². The molecule has 1 N–H and O–H groups in total. The van der Waals surface area contributed by atoms with Gasteiger partial charge in [-0.3, -0.25) is 14.5 Å². The van der Waals surface area contributed by atoms with Crippen LogP contribution in [0.4, 0.5) is 10.1 Å². The quantitative estimate of drug-likeness (QED) is 0.784. The van der Waals surface area contributed by atoms with Gasteiger partial charge >= 0.3 is 0 Å². The lowest BCUT2D eigenvalue weighted by Crippen LogP contribution is -2.46. The van der Waals surface area contributed by atoms with E-state index in [1.54, 1.807) is 26.1 Å². The summed E-state index contributed by atoms with van der Waals surface area (Å²) in [7, 11) is 3.08. The van der Waals surface area contributed by atoms with Crippen LogP contribution in [-0.4, -0.2) is 72.9 Å². The zero-order valence-corrected chi connectivity index (χ0v) is 16.9. The van der Waals surface area contributed by atoms with Crippen LogP contribution in [0.2, 0.25) is 0 Å². The van der Waals surface area contributed by atoms with Crippen molar-refractivity contribution in [3.05, 3.63) is 47.9 Å². The lowest BCUT2D eigenvalue weighted by atomic mass is 10.2. The van der Waals surface area contributed by atoms with Crippen LogP contribution in [0.25, 0.3) is 0 Å². The van der Waals surface area contributed by atoms with Gasteiger partial charge in [-0.2, -0.15) is 0 Å². The molecule has 1 fully saturated rings. The van der Waals surface area contributed by atoms with Gasteiger partial charge in [0.2, 0.25) is 11.8 Å². The SMILES string of the molecule is CNC(=O)C(C)N(C)C(=O)c1coc(CN2CCN(c3ccccc3F)CC2)n1. The van der Waals surface area contributed by atoms with Crippen LogP contribution in [0, 0.1) is 5.82 Å². The summed E-state index contributed by atoms with van der Waals surface area (Å²) in [4.78, 5) is 34.0. The maximum Gasteiger partial charge on any atom is 0.276 e. The molecule has 1 aromatic carbocycles. The Morgan fingerprint density at radius 2 is 1.97 bits per heavy atom. The normalized spacial score (nSPS) is 15.8. The van der Waals surface area contributed by atoms with Gasteiger partial charge in [-0.25, -0.2) is 9.37 Å². The van der Waals surface area contributed by atoms with Crippen LogP contribution in [0.5, 0.6) is 0 Å². The summed E-state index contributed by atoms with van der Waals surface area (Å²) in [6.07, 6.45) is 1.32. The summed E-state index contributed by atoms with van der Waals surface area (Å²) in [6, 6.07) is 6.16. The van der Waals surface area contributed by atoms with E-state index in [4.69, 9.17) is 4.42 Å². The Hall–Kier alpha value is -2.94. The highest BCUT2D eigenvalue weighted by Crippen LogP contribution is 2.20. The first kappa shape index (κ1) is 20.8. The number of nitrogens with one attached hydrogen (secondary N) is 1. The van der Waals surface area contributed by atoms with Gasteiger partial charge in [0.1, 0.15) is 18.1 Å². The molecule has 2 heterocycles. The maximum atomic E-state index is 13.9. The van der Waals surface area contributed by atoms with E-state index in [9.17, 15) is 14.0 Å². The molecule has 0 spiro atoms. The number of anilines is 1. The van der Waals surface area contributed by atoms with Crippen LogP contribution in [-0.2, 0) is 11.3 Å². The molecule has 1 saturated heterocycles. The first-order valence-corrected chi connectivity index (χ1v) is 9.55. The van der Waals surface area contributed by atoms with E-state index in [1.807, 2.05) is 11.0 Å². The molecule has 0 saturated carbocycles. The average Bonchev–Trinajstić information content (AvgIpc) is 3.21. The number of oxazole rings is 1. The fourth-order valence-corrected chi connectivity index (χ4v) is 3.27. The van der Waals surface area contributed by atoms with Crippen molar-refractivity contribution in [1.82, 2.24) is 20.1 Å². The standard InChI is InChI=1S/C20H26FN5O3/c1-14(19(27)22-2)24(3)20(28)16-13-29-18(23-16)12-25-8-10-26(11-9-25)17-7-5-4-6-15(17)21/h4-7,13-14H,8-12H2,1-3H3,(H,22,27). The molecule has 156 valence electrons. The number of carbonyl (C=O) groups is 2. The van der Waals surface area contributed by atoms with Crippen molar-refractivity contribution in [3.8, 4) is 0 Å². The van der Waals surface area contributed by atoms with Gasteiger partial charge in [-0.15, -0.1) is 0 Å². The molecule has 0 bridgehead atoms. The summed E-state index contributed by atoms with van der Waals surface area (Å²) in [5, 5.41) is 2.52. The fourth-order valence-electron chi connectivity index (χ4n) is 3.27. The topological polar surface area (TPSA) is 81.9 Å². The van der Waals surface area contributed by atoms with Crippen LogP contribution >= 0.6 is 0 Å². The van der Waals surface area contributed by atoms with Gasteiger partial charge in [0.05, 0.1) is 12.2 Å². The minimum absolute atomic E-state index is 0.170. The Balaban J connectivity index is 1.55. The Kier molecular flexibility index (Phi) is 6.48. The van der Waals surface area contributed by atoms with Crippen molar-refractivity contribution in [1.29, 1.82) is 0 Å². The highest BCUT2D eigenvalue weighted by atomic mass is 19.1. The van der Waals surface area contributed by atoms with E-state index in [-0.39, 0.29) is 23.3 Å². The lowest BCUT2D eigenvalue weighted by molar-refractivity contribution is -0.124. The van der Waals surface area contributed by atoms with Crippen molar-refractivity contribution in [2.24, 2.45) is 0 Å². The summed E-state index contributed by atoms with van der Waals surface area (Å²) < 4.78 is 19.4. The van der Waals surface area contributed by atoms with E-state index < -0.39 is 6.04 Å². The predicted molar refractivity (Wildman–Crippen MR) is 106 cm³/mol. The molecule has 0 radical (unpaired) electrons. The first-order chi connectivity index (χ1) is 13.9. The van der Waals surface area contributed by atoms with E-state index in [0.29, 0.717) is 31.2 Å². The number of piperazine rings is 1. The molecule has 1 aliphatic heterocycles. The van der Waals surface area contributed by atoms with E-state index in [2.05, 4.69) is 15.2 Å². The predicted octanol–water partition coefficient (Wildman–Crippen LogP) is 1.34. The molecule has 0 aliphatic carbocycles. The van der Waals surface area contributed by atoms with Crippen molar-refractivity contribution >= 4 is 17.5 Å². The number of carbonyl (C=O) groups excluding carboxylic acids is 2. The number of hydrogen-bond donors (Lipinski definition) is 1. The molecule has 29 heavy (non-hydrogen) atoms. The number of likely N-dealkylation sites (N-methyl/N-ethyl adjacent to an activating group) is 2. The molecule has 9 heteroatoms. The second kappa shape index (κ2) is 9.04. The van der Waals surface area contributed by atoms with E-state index >= 15 is 0 Å². The molecule has 2 amide bonds. The minimum atomic E-state index is -0.612. The third-order valence-electron chi connectivity index (χ3n) is 5.22. The molecule has 8 nitrogen and oxygen atoms in total. The minimum Gasteiger partial charge on any atom is -0.447 e. The Morgan fingerprint density at radius 1 is 1.28 bits per heavy atom. The monoisotopic (exact) mass is 403 g/mol. The van der Waals surface area contributed by atoms with Crippen LogP contribution in [0.3, 0.4) is 0 Å². The number of nitrogens with zero attached hydrogens (tertiary/aromatic N) is 4. The van der Waals surface area contributed by atoms with Crippen molar-refractivity contribution in [3.63, 3.8) is 0 Å². The van der Waals surface area contributed by atoms with Gasteiger partial charge in [-0.05, 0) is 19.1 Å². The second-order valence-electron chi connectivity index (χ2n) is 7.05. The Bertz CT molecular complexity index is 863. The average molecular weight is 403 g/mol. The Labute approximate surface area is 169 Å². The zero-order valence-electron chi connectivity index (χ0n) is 16.9. The largest absolute Gasteiger partial charge is 0.447 e. The highest BCUT2D eigenvalue weighted by molar-refractivity contribution is 5.95. The number of aromatic nitrogens is 1. The molecular formula is C20H26FN5O3. The van der Waals surface area contributed by atoms with E-state index in [0.717, 1.165) is 13.1 Å². The number of amides is 2. The molecule has 2 aromatic rings. The van der Waals surface area contributed by atoms with Crippen molar-refractivity contribution < 1.29 is 18.4 Å². The molecule has 1 aromatic heterocycles. The van der Waals surface area contributed by atoms with Crippen LogP contribution in [0.1, 0.15) is 23.3 Å².